The minimum atomic E-state index is -5.71. The van der Waals surface area contributed by atoms with E-state index >= 15 is 0 Å². The highest BCUT2D eigenvalue weighted by atomic mass is 19.3. The van der Waals surface area contributed by atoms with Crippen molar-refractivity contribution < 1.29 is 49.7 Å². The van der Waals surface area contributed by atoms with E-state index in [0.717, 1.165) is 0 Å². The first-order chi connectivity index (χ1) is 7.33. The van der Waals surface area contributed by atoms with Crippen LogP contribution in [0.4, 0.5) is 30.7 Å². The van der Waals surface area contributed by atoms with E-state index in [9.17, 15) is 35.5 Å². The Hall–Kier alpha value is -1.10. The maximum Gasteiger partial charge on any atom is 0.493 e. The molecule has 0 aromatic heterocycles. The van der Waals surface area contributed by atoms with Crippen LogP contribution in [0.5, 0.6) is 0 Å². The van der Waals surface area contributed by atoms with Crippen LogP contribution in [0.3, 0.4) is 0 Å². The van der Waals surface area contributed by atoms with Gasteiger partial charge >= 0.3 is 30.3 Å². The second-order valence-electron chi connectivity index (χ2n) is 2.89. The van der Waals surface area contributed by atoms with Gasteiger partial charge in [-0.25, -0.2) is 9.47 Å². The van der Waals surface area contributed by atoms with Crippen LogP contribution >= 0.6 is 0 Å². The molecule has 11 heteroatoms. The minimum Gasteiger partial charge on any atom is -0.396 e. The van der Waals surface area contributed by atoms with Gasteiger partial charge < -0.3 is 4.74 Å². The molecule has 0 saturated carbocycles. The minimum absolute atomic E-state index is 0.323. The van der Waals surface area contributed by atoms with Crippen LogP contribution in [-0.2, 0) is 19.0 Å². The molecule has 1 aliphatic heterocycles. The molecule has 1 fully saturated rings. The third kappa shape index (κ3) is 2.16. The predicted octanol–water partition coefficient (Wildman–Crippen LogP) is 2.00. The van der Waals surface area contributed by atoms with Gasteiger partial charge in [-0.1, -0.05) is 0 Å². The largest absolute Gasteiger partial charge is 0.493 e. The third-order valence-electron chi connectivity index (χ3n) is 1.53. The highest BCUT2D eigenvalue weighted by Gasteiger charge is 2.85. The summed E-state index contributed by atoms with van der Waals surface area (Å²) in [6.45, 7) is 0.323. The first-order valence-electron chi connectivity index (χ1n) is 3.75. The third-order valence-corrected chi connectivity index (χ3v) is 1.53. The fraction of sp³-hybridized carbons (Fsp3) is 0.833. The second kappa shape index (κ2) is 3.45. The Bertz CT molecular complexity index is 343. The highest BCUT2D eigenvalue weighted by molar-refractivity contribution is 5.66. The van der Waals surface area contributed by atoms with Crippen molar-refractivity contribution in [3.63, 3.8) is 0 Å². The number of ether oxygens (including phenoxy) is 3. The fourth-order valence-corrected chi connectivity index (χ4v) is 0.934. The first-order valence-corrected chi connectivity index (χ1v) is 3.75. The van der Waals surface area contributed by atoms with Gasteiger partial charge in [-0.2, -0.15) is 22.0 Å². The second-order valence-corrected chi connectivity index (χ2v) is 2.89. The maximum atomic E-state index is 13.1. The zero-order valence-electron chi connectivity index (χ0n) is 7.78. The SMILES string of the molecule is CC(=O)OC(F)(F)C1(F)OC(F)(F)OC1(F)F. The van der Waals surface area contributed by atoms with Crippen LogP contribution in [-0.4, -0.2) is 30.3 Å². The lowest BCUT2D eigenvalue weighted by Crippen LogP contribution is -2.57. The molecule has 0 aliphatic carbocycles. The fourth-order valence-electron chi connectivity index (χ4n) is 0.934. The van der Waals surface area contributed by atoms with Gasteiger partial charge in [-0.15, -0.1) is 8.78 Å². The Morgan fingerprint density at radius 3 is 1.88 bits per heavy atom. The van der Waals surface area contributed by atoms with Gasteiger partial charge in [0.05, 0.1) is 0 Å². The summed E-state index contributed by atoms with van der Waals surface area (Å²) in [5.41, 5.74) is 0. The van der Waals surface area contributed by atoms with Gasteiger partial charge in [-0.3, -0.25) is 4.79 Å². The molecule has 4 nitrogen and oxygen atoms in total. The van der Waals surface area contributed by atoms with E-state index in [2.05, 4.69) is 14.2 Å². The number of hydrogen-bond acceptors (Lipinski definition) is 4. The number of rotatable bonds is 2. The zero-order chi connectivity index (χ0) is 13.7. The lowest BCUT2D eigenvalue weighted by atomic mass is 10.2. The molecule has 0 bridgehead atoms. The summed E-state index contributed by atoms with van der Waals surface area (Å²) in [4.78, 5) is 10.1. The van der Waals surface area contributed by atoms with Gasteiger partial charge in [0.15, 0.2) is 0 Å². The van der Waals surface area contributed by atoms with E-state index in [1.807, 2.05) is 0 Å². The Labute approximate surface area is 88.2 Å². The Morgan fingerprint density at radius 1 is 1.12 bits per heavy atom. The molecule has 1 rings (SSSR count). The number of halogens is 7. The summed E-state index contributed by atoms with van der Waals surface area (Å²) in [5, 5.41) is 0. The molecule has 0 radical (unpaired) electrons. The Balaban J connectivity index is 3.13. The van der Waals surface area contributed by atoms with Crippen molar-refractivity contribution in [3.05, 3.63) is 0 Å². The maximum absolute atomic E-state index is 13.1. The lowest BCUT2D eigenvalue weighted by molar-refractivity contribution is -0.427. The molecule has 1 heterocycles. The van der Waals surface area contributed by atoms with Gasteiger partial charge in [0, 0.05) is 6.92 Å². The van der Waals surface area contributed by atoms with E-state index in [4.69, 9.17) is 0 Å². The summed E-state index contributed by atoms with van der Waals surface area (Å²) >= 11 is 0. The molecule has 1 atom stereocenters. The molecule has 0 aromatic carbocycles. The predicted molar refractivity (Wildman–Crippen MR) is 32.6 cm³/mol. The highest BCUT2D eigenvalue weighted by Crippen LogP contribution is 2.55. The molecule has 17 heavy (non-hydrogen) atoms. The lowest BCUT2D eigenvalue weighted by Gasteiger charge is -2.28. The average molecular weight is 272 g/mol. The van der Waals surface area contributed by atoms with Crippen LogP contribution in [0.25, 0.3) is 0 Å². The van der Waals surface area contributed by atoms with Crippen LogP contribution in [0.2, 0.25) is 0 Å². The zero-order valence-corrected chi connectivity index (χ0v) is 7.78. The average Bonchev–Trinajstić information content (AvgIpc) is 2.12. The van der Waals surface area contributed by atoms with Crippen LogP contribution in [0.1, 0.15) is 6.92 Å². The normalized spacial score (nSPS) is 31.3. The van der Waals surface area contributed by atoms with Crippen molar-refractivity contribution >= 4 is 5.97 Å². The van der Waals surface area contributed by atoms with Crippen LogP contribution in [0, 0.1) is 0 Å². The Kier molecular flexibility index (Phi) is 2.83. The smallest absolute Gasteiger partial charge is 0.396 e. The van der Waals surface area contributed by atoms with Crippen molar-refractivity contribution in [1.29, 1.82) is 0 Å². The van der Waals surface area contributed by atoms with Crippen molar-refractivity contribution in [2.24, 2.45) is 0 Å². The van der Waals surface area contributed by atoms with Gasteiger partial charge in [-0.05, 0) is 0 Å². The molecule has 0 aromatic rings. The molecule has 1 unspecified atom stereocenters. The van der Waals surface area contributed by atoms with Gasteiger partial charge in [0.2, 0.25) is 0 Å². The summed E-state index contributed by atoms with van der Waals surface area (Å²) in [6.07, 6.45) is -16.7. The molecule has 0 N–H and O–H groups in total. The van der Waals surface area contributed by atoms with Crippen LogP contribution < -0.4 is 0 Å². The number of esters is 1. The summed E-state index contributed by atoms with van der Waals surface area (Å²) in [6, 6.07) is 0. The van der Waals surface area contributed by atoms with Crippen molar-refractivity contribution in [3.8, 4) is 0 Å². The summed E-state index contributed by atoms with van der Waals surface area (Å²) < 4.78 is 95.9. The summed E-state index contributed by atoms with van der Waals surface area (Å²) in [7, 11) is 0. The summed E-state index contributed by atoms with van der Waals surface area (Å²) in [5.74, 6) is -7.52. The van der Waals surface area contributed by atoms with E-state index in [0.29, 0.717) is 6.92 Å². The first kappa shape index (κ1) is 14.0. The number of carbonyl (C=O) groups excluding carboxylic acids is 1. The molecule has 0 spiro atoms. The monoisotopic (exact) mass is 272 g/mol. The number of carbonyl (C=O) groups is 1. The molecular formula is C6H3F7O4. The molecule has 1 aliphatic rings. The Morgan fingerprint density at radius 2 is 1.59 bits per heavy atom. The van der Waals surface area contributed by atoms with Gasteiger partial charge in [0.25, 0.3) is 0 Å². The molecule has 1 saturated heterocycles. The van der Waals surface area contributed by atoms with E-state index in [1.165, 1.54) is 0 Å². The van der Waals surface area contributed by atoms with Crippen molar-refractivity contribution in [2.75, 3.05) is 0 Å². The standard InChI is InChI=1S/C6H3F7O4/c1-2(14)15-4(8,9)3(7)5(10,11)17-6(12,13)16-3/h1H3. The quantitative estimate of drug-likeness (QED) is 0.569. The van der Waals surface area contributed by atoms with Crippen molar-refractivity contribution in [1.82, 2.24) is 0 Å². The topological polar surface area (TPSA) is 44.8 Å². The van der Waals surface area contributed by atoms with Gasteiger partial charge in [0.1, 0.15) is 0 Å². The molecular weight excluding hydrogens is 269 g/mol. The van der Waals surface area contributed by atoms with Crippen molar-refractivity contribution in [2.45, 2.75) is 31.3 Å². The number of hydrogen-bond donors (Lipinski definition) is 0. The van der Waals surface area contributed by atoms with E-state index in [-0.39, 0.29) is 0 Å². The van der Waals surface area contributed by atoms with E-state index < -0.39 is 30.3 Å². The number of alkyl halides is 7. The van der Waals surface area contributed by atoms with Crippen LogP contribution in [0.15, 0.2) is 0 Å². The molecule has 100 valence electrons. The van der Waals surface area contributed by atoms with E-state index in [1.54, 1.807) is 0 Å². The molecule has 0 amide bonds.